The van der Waals surface area contributed by atoms with Crippen molar-refractivity contribution in [3.05, 3.63) is 59.7 Å². The molecule has 2 nitrogen and oxygen atoms in total. The molecule has 5 heteroatoms. The Balaban J connectivity index is 2.30. The van der Waals surface area contributed by atoms with E-state index < -0.39 is 17.7 Å². The molecule has 0 aliphatic carbocycles. The second kappa shape index (κ2) is 5.36. The minimum Gasteiger partial charge on any atom is -0.481 e. The van der Waals surface area contributed by atoms with Crippen LogP contribution >= 0.6 is 0 Å². The fraction of sp³-hybridized carbons (Fsp3) is 0.133. The van der Waals surface area contributed by atoms with Gasteiger partial charge in [-0.15, -0.1) is 0 Å². The van der Waals surface area contributed by atoms with Gasteiger partial charge in [-0.1, -0.05) is 36.4 Å². The van der Waals surface area contributed by atoms with Crippen molar-refractivity contribution in [3.8, 4) is 11.1 Å². The van der Waals surface area contributed by atoms with Crippen LogP contribution in [0, 0.1) is 0 Å². The quantitative estimate of drug-likeness (QED) is 0.922. The van der Waals surface area contributed by atoms with Crippen molar-refractivity contribution in [2.75, 3.05) is 0 Å². The minimum absolute atomic E-state index is 0.117. The molecule has 20 heavy (non-hydrogen) atoms. The standard InChI is InChI=1S/C15H11F3O2/c16-15(17,18)13-6-4-11(5-7-13)12-3-1-2-10(8-12)9-14(19)20/h1-8H,9H2,(H,19,20). The zero-order valence-electron chi connectivity index (χ0n) is 10.3. The summed E-state index contributed by atoms with van der Waals surface area (Å²) < 4.78 is 37.4. The van der Waals surface area contributed by atoms with E-state index in [-0.39, 0.29) is 6.42 Å². The Kier molecular flexibility index (Phi) is 3.79. The van der Waals surface area contributed by atoms with Gasteiger partial charge in [-0.3, -0.25) is 4.79 Å². The topological polar surface area (TPSA) is 37.3 Å². The Labute approximate surface area is 113 Å². The summed E-state index contributed by atoms with van der Waals surface area (Å²) in [6.07, 6.45) is -4.47. The fourth-order valence-corrected chi connectivity index (χ4v) is 1.89. The highest BCUT2D eigenvalue weighted by atomic mass is 19.4. The molecule has 0 saturated carbocycles. The second-order valence-electron chi connectivity index (χ2n) is 4.35. The van der Waals surface area contributed by atoms with Gasteiger partial charge >= 0.3 is 12.1 Å². The number of carboxylic acid groups (broad SMARTS) is 1. The number of aliphatic carboxylic acids is 1. The van der Waals surface area contributed by atoms with E-state index in [9.17, 15) is 18.0 Å². The summed E-state index contributed by atoms with van der Waals surface area (Å²) in [6, 6.07) is 11.5. The van der Waals surface area contributed by atoms with E-state index in [1.54, 1.807) is 24.3 Å². The molecule has 2 rings (SSSR count). The summed E-state index contributed by atoms with van der Waals surface area (Å²) in [5.41, 5.74) is 1.21. The molecule has 0 atom stereocenters. The number of alkyl halides is 3. The third-order valence-electron chi connectivity index (χ3n) is 2.83. The van der Waals surface area contributed by atoms with E-state index in [1.165, 1.54) is 12.1 Å². The van der Waals surface area contributed by atoms with Gasteiger partial charge in [-0.25, -0.2) is 0 Å². The molecule has 0 radical (unpaired) electrons. The molecular weight excluding hydrogens is 269 g/mol. The maximum Gasteiger partial charge on any atom is 0.416 e. The molecule has 0 spiro atoms. The van der Waals surface area contributed by atoms with Crippen molar-refractivity contribution < 1.29 is 23.1 Å². The monoisotopic (exact) mass is 280 g/mol. The Bertz CT molecular complexity index is 616. The molecule has 0 fully saturated rings. The van der Waals surface area contributed by atoms with Crippen LogP contribution in [0.15, 0.2) is 48.5 Å². The van der Waals surface area contributed by atoms with Gasteiger partial charge in [0.05, 0.1) is 12.0 Å². The smallest absolute Gasteiger partial charge is 0.416 e. The van der Waals surface area contributed by atoms with Crippen LogP contribution in [0.25, 0.3) is 11.1 Å². The molecule has 0 unspecified atom stereocenters. The first-order valence-electron chi connectivity index (χ1n) is 5.84. The Morgan fingerprint density at radius 1 is 1.00 bits per heavy atom. The third kappa shape index (κ3) is 3.38. The lowest BCUT2D eigenvalue weighted by molar-refractivity contribution is -0.138. The zero-order valence-corrected chi connectivity index (χ0v) is 10.3. The van der Waals surface area contributed by atoms with Crippen molar-refractivity contribution >= 4 is 5.97 Å². The van der Waals surface area contributed by atoms with Crippen molar-refractivity contribution in [2.24, 2.45) is 0 Å². The third-order valence-corrected chi connectivity index (χ3v) is 2.83. The molecular formula is C15H11F3O2. The predicted octanol–water partition coefficient (Wildman–Crippen LogP) is 4.00. The summed E-state index contributed by atoms with van der Waals surface area (Å²) in [5.74, 6) is -0.949. The van der Waals surface area contributed by atoms with Crippen LogP contribution in [0.5, 0.6) is 0 Å². The summed E-state index contributed by atoms with van der Waals surface area (Å²) in [4.78, 5) is 10.6. The SMILES string of the molecule is O=C(O)Cc1cccc(-c2ccc(C(F)(F)F)cc2)c1. The first kappa shape index (κ1) is 14.1. The molecule has 1 N–H and O–H groups in total. The highest BCUT2D eigenvalue weighted by Gasteiger charge is 2.29. The average molecular weight is 280 g/mol. The number of carbonyl (C=O) groups is 1. The molecule has 0 amide bonds. The molecule has 0 aromatic heterocycles. The van der Waals surface area contributed by atoms with Crippen LogP contribution < -0.4 is 0 Å². The molecule has 0 bridgehead atoms. The normalized spacial score (nSPS) is 11.3. The molecule has 2 aromatic carbocycles. The van der Waals surface area contributed by atoms with Crippen LogP contribution in [0.2, 0.25) is 0 Å². The highest BCUT2D eigenvalue weighted by Crippen LogP contribution is 2.31. The van der Waals surface area contributed by atoms with Gasteiger partial charge in [0.15, 0.2) is 0 Å². The lowest BCUT2D eigenvalue weighted by atomic mass is 10.0. The van der Waals surface area contributed by atoms with Gasteiger partial charge in [-0.05, 0) is 28.8 Å². The van der Waals surface area contributed by atoms with Crippen LogP contribution in [0.4, 0.5) is 13.2 Å². The number of carboxylic acids is 1. The number of rotatable bonds is 3. The summed E-state index contributed by atoms with van der Waals surface area (Å²) in [7, 11) is 0. The van der Waals surface area contributed by atoms with Crippen LogP contribution in [-0.4, -0.2) is 11.1 Å². The van der Waals surface area contributed by atoms with E-state index >= 15 is 0 Å². The maximum absolute atomic E-state index is 12.5. The molecule has 104 valence electrons. The summed E-state index contributed by atoms with van der Waals surface area (Å²) in [6.45, 7) is 0. The number of benzene rings is 2. The number of hydrogen-bond donors (Lipinski definition) is 1. The van der Waals surface area contributed by atoms with Crippen molar-refractivity contribution in [3.63, 3.8) is 0 Å². The molecule has 0 aliphatic heterocycles. The first-order chi connectivity index (χ1) is 9.36. The zero-order chi connectivity index (χ0) is 14.8. The van der Waals surface area contributed by atoms with E-state index in [0.717, 1.165) is 12.1 Å². The van der Waals surface area contributed by atoms with E-state index in [0.29, 0.717) is 16.7 Å². The maximum atomic E-state index is 12.5. The van der Waals surface area contributed by atoms with E-state index in [1.807, 2.05) is 0 Å². The van der Waals surface area contributed by atoms with Crippen LogP contribution in [0.3, 0.4) is 0 Å². The number of halogens is 3. The Hall–Kier alpha value is -2.30. The van der Waals surface area contributed by atoms with Gasteiger partial charge in [0.25, 0.3) is 0 Å². The Morgan fingerprint density at radius 2 is 1.65 bits per heavy atom. The van der Waals surface area contributed by atoms with E-state index in [2.05, 4.69) is 0 Å². The predicted molar refractivity (Wildman–Crippen MR) is 68.2 cm³/mol. The molecule has 0 saturated heterocycles. The molecule has 0 heterocycles. The Morgan fingerprint density at radius 3 is 2.20 bits per heavy atom. The fourth-order valence-electron chi connectivity index (χ4n) is 1.89. The van der Waals surface area contributed by atoms with Gasteiger partial charge in [0.2, 0.25) is 0 Å². The molecule has 0 aliphatic rings. The van der Waals surface area contributed by atoms with Crippen LogP contribution in [-0.2, 0) is 17.4 Å². The first-order valence-corrected chi connectivity index (χ1v) is 5.84. The van der Waals surface area contributed by atoms with E-state index in [4.69, 9.17) is 5.11 Å². The largest absolute Gasteiger partial charge is 0.481 e. The summed E-state index contributed by atoms with van der Waals surface area (Å²) >= 11 is 0. The molecule has 2 aromatic rings. The lowest BCUT2D eigenvalue weighted by Crippen LogP contribution is -2.04. The van der Waals surface area contributed by atoms with Gasteiger partial charge < -0.3 is 5.11 Å². The lowest BCUT2D eigenvalue weighted by Gasteiger charge is -2.08. The van der Waals surface area contributed by atoms with Crippen molar-refractivity contribution in [1.82, 2.24) is 0 Å². The van der Waals surface area contributed by atoms with Gasteiger partial charge in [0.1, 0.15) is 0 Å². The summed E-state index contributed by atoms with van der Waals surface area (Å²) in [5, 5.41) is 8.73. The van der Waals surface area contributed by atoms with Crippen molar-refractivity contribution in [2.45, 2.75) is 12.6 Å². The second-order valence-corrected chi connectivity index (χ2v) is 4.35. The average Bonchev–Trinajstić information content (AvgIpc) is 2.37. The van der Waals surface area contributed by atoms with Gasteiger partial charge in [0, 0.05) is 0 Å². The minimum atomic E-state index is -4.36. The van der Waals surface area contributed by atoms with Gasteiger partial charge in [-0.2, -0.15) is 13.2 Å². The van der Waals surface area contributed by atoms with Crippen molar-refractivity contribution in [1.29, 1.82) is 0 Å². The highest BCUT2D eigenvalue weighted by molar-refractivity contribution is 5.72. The van der Waals surface area contributed by atoms with Crippen LogP contribution in [0.1, 0.15) is 11.1 Å². The number of hydrogen-bond acceptors (Lipinski definition) is 1.